The summed E-state index contributed by atoms with van der Waals surface area (Å²) in [5.41, 5.74) is 1.09. The Bertz CT molecular complexity index is 358. The molecule has 1 rings (SSSR count). The molecule has 4 nitrogen and oxygen atoms in total. The predicted molar refractivity (Wildman–Crippen MR) is 78.7 cm³/mol. The molecule has 0 saturated heterocycles. The summed E-state index contributed by atoms with van der Waals surface area (Å²) in [7, 11) is 1.94. The van der Waals surface area contributed by atoms with E-state index >= 15 is 0 Å². The SMILES string of the molecule is CNCCC(C)NCC(O)COc1ccccc1C. The Morgan fingerprint density at radius 1 is 1.32 bits per heavy atom. The van der Waals surface area contributed by atoms with E-state index in [1.807, 2.05) is 38.2 Å². The van der Waals surface area contributed by atoms with Gasteiger partial charge in [-0.05, 0) is 45.5 Å². The zero-order chi connectivity index (χ0) is 14.1. The largest absolute Gasteiger partial charge is 0.491 e. The lowest BCUT2D eigenvalue weighted by atomic mass is 10.2. The third kappa shape index (κ3) is 6.57. The number of rotatable bonds is 9. The highest BCUT2D eigenvalue weighted by molar-refractivity contribution is 5.31. The lowest BCUT2D eigenvalue weighted by Gasteiger charge is -2.18. The first-order chi connectivity index (χ1) is 9.13. The number of para-hydroxylation sites is 1. The number of aliphatic hydroxyl groups is 1. The van der Waals surface area contributed by atoms with Crippen molar-refractivity contribution in [2.45, 2.75) is 32.4 Å². The van der Waals surface area contributed by atoms with Gasteiger partial charge < -0.3 is 20.5 Å². The van der Waals surface area contributed by atoms with Gasteiger partial charge in [-0.1, -0.05) is 18.2 Å². The monoisotopic (exact) mass is 266 g/mol. The molecule has 0 bridgehead atoms. The minimum atomic E-state index is -0.489. The highest BCUT2D eigenvalue weighted by Crippen LogP contribution is 2.16. The highest BCUT2D eigenvalue weighted by atomic mass is 16.5. The van der Waals surface area contributed by atoms with Gasteiger partial charge in [0.05, 0.1) is 0 Å². The van der Waals surface area contributed by atoms with Crippen molar-refractivity contribution in [3.05, 3.63) is 29.8 Å². The number of ether oxygens (including phenoxy) is 1. The van der Waals surface area contributed by atoms with Crippen molar-refractivity contribution in [3.63, 3.8) is 0 Å². The molecule has 0 amide bonds. The van der Waals surface area contributed by atoms with Gasteiger partial charge >= 0.3 is 0 Å². The number of hydrogen-bond donors (Lipinski definition) is 3. The fourth-order valence-electron chi connectivity index (χ4n) is 1.76. The van der Waals surface area contributed by atoms with Crippen LogP contribution in [0.15, 0.2) is 24.3 Å². The van der Waals surface area contributed by atoms with Gasteiger partial charge in [-0.25, -0.2) is 0 Å². The van der Waals surface area contributed by atoms with E-state index in [4.69, 9.17) is 4.74 Å². The van der Waals surface area contributed by atoms with Crippen LogP contribution < -0.4 is 15.4 Å². The molecule has 0 aromatic heterocycles. The molecule has 108 valence electrons. The van der Waals surface area contributed by atoms with Crippen molar-refractivity contribution < 1.29 is 9.84 Å². The molecule has 0 aliphatic carbocycles. The molecule has 0 saturated carbocycles. The molecule has 3 N–H and O–H groups in total. The van der Waals surface area contributed by atoms with Crippen molar-refractivity contribution in [2.75, 3.05) is 26.7 Å². The molecule has 0 radical (unpaired) electrons. The molecule has 0 spiro atoms. The molecular weight excluding hydrogens is 240 g/mol. The molecule has 2 unspecified atom stereocenters. The third-order valence-electron chi connectivity index (χ3n) is 3.05. The van der Waals surface area contributed by atoms with Crippen molar-refractivity contribution in [1.29, 1.82) is 0 Å². The Labute approximate surface area is 116 Å². The normalized spacial score (nSPS) is 14.1. The van der Waals surface area contributed by atoms with Gasteiger partial charge in [0.15, 0.2) is 0 Å². The number of aryl methyl sites for hydroxylation is 1. The fraction of sp³-hybridized carbons (Fsp3) is 0.600. The predicted octanol–water partition coefficient (Wildman–Crippen LogP) is 1.32. The van der Waals surface area contributed by atoms with Crippen LogP contribution in [-0.2, 0) is 0 Å². The topological polar surface area (TPSA) is 53.5 Å². The van der Waals surface area contributed by atoms with Crippen LogP contribution in [0.4, 0.5) is 0 Å². The van der Waals surface area contributed by atoms with Crippen molar-refractivity contribution >= 4 is 0 Å². The van der Waals surface area contributed by atoms with Crippen molar-refractivity contribution in [1.82, 2.24) is 10.6 Å². The van der Waals surface area contributed by atoms with Gasteiger partial charge in [0, 0.05) is 12.6 Å². The van der Waals surface area contributed by atoms with Gasteiger partial charge in [0.1, 0.15) is 18.5 Å². The Balaban J connectivity index is 2.21. The Morgan fingerprint density at radius 2 is 2.05 bits per heavy atom. The van der Waals surface area contributed by atoms with Crippen LogP contribution in [0.1, 0.15) is 18.9 Å². The number of hydrogen-bond acceptors (Lipinski definition) is 4. The van der Waals surface area contributed by atoms with E-state index < -0.39 is 6.10 Å². The summed E-state index contributed by atoms with van der Waals surface area (Å²) in [6, 6.07) is 8.22. The first-order valence-electron chi connectivity index (χ1n) is 6.88. The molecule has 0 fully saturated rings. The molecule has 1 aromatic rings. The van der Waals surface area contributed by atoms with Gasteiger partial charge in [-0.15, -0.1) is 0 Å². The molecule has 2 atom stereocenters. The Morgan fingerprint density at radius 3 is 2.74 bits per heavy atom. The van der Waals surface area contributed by atoms with Crippen LogP contribution in [-0.4, -0.2) is 44.0 Å². The van der Waals surface area contributed by atoms with E-state index in [9.17, 15) is 5.11 Å². The zero-order valence-electron chi connectivity index (χ0n) is 12.1. The van der Waals surface area contributed by atoms with Gasteiger partial charge in [0.2, 0.25) is 0 Å². The van der Waals surface area contributed by atoms with E-state index in [-0.39, 0.29) is 0 Å². The van der Waals surface area contributed by atoms with Crippen LogP contribution in [0.5, 0.6) is 5.75 Å². The smallest absolute Gasteiger partial charge is 0.122 e. The van der Waals surface area contributed by atoms with Crippen molar-refractivity contribution in [2.24, 2.45) is 0 Å². The van der Waals surface area contributed by atoms with Gasteiger partial charge in [0.25, 0.3) is 0 Å². The van der Waals surface area contributed by atoms with Crippen LogP contribution in [0.25, 0.3) is 0 Å². The quantitative estimate of drug-likeness (QED) is 0.631. The molecular formula is C15H26N2O2. The highest BCUT2D eigenvalue weighted by Gasteiger charge is 2.08. The van der Waals surface area contributed by atoms with Crippen LogP contribution in [0.3, 0.4) is 0 Å². The van der Waals surface area contributed by atoms with E-state index in [1.165, 1.54) is 0 Å². The fourth-order valence-corrected chi connectivity index (χ4v) is 1.76. The molecule has 0 aliphatic rings. The number of aliphatic hydroxyl groups excluding tert-OH is 1. The summed E-state index contributed by atoms with van der Waals surface area (Å²) in [4.78, 5) is 0. The van der Waals surface area contributed by atoms with E-state index in [1.54, 1.807) is 0 Å². The van der Waals surface area contributed by atoms with Crippen molar-refractivity contribution in [3.8, 4) is 5.75 Å². The Kier molecular flexibility index (Phi) is 7.48. The zero-order valence-corrected chi connectivity index (χ0v) is 12.1. The summed E-state index contributed by atoms with van der Waals surface area (Å²) in [5, 5.41) is 16.3. The summed E-state index contributed by atoms with van der Waals surface area (Å²) < 4.78 is 5.61. The van der Waals surface area contributed by atoms with E-state index in [0.29, 0.717) is 19.2 Å². The average Bonchev–Trinajstić information content (AvgIpc) is 2.42. The van der Waals surface area contributed by atoms with Gasteiger partial charge in [-0.2, -0.15) is 0 Å². The number of nitrogens with one attached hydrogen (secondary N) is 2. The second-order valence-electron chi connectivity index (χ2n) is 4.93. The Hall–Kier alpha value is -1.10. The second-order valence-corrected chi connectivity index (χ2v) is 4.93. The van der Waals surface area contributed by atoms with Crippen LogP contribution in [0, 0.1) is 6.92 Å². The third-order valence-corrected chi connectivity index (χ3v) is 3.05. The maximum absolute atomic E-state index is 9.87. The summed E-state index contributed by atoms with van der Waals surface area (Å²) in [6.07, 6.45) is 0.554. The molecule has 4 heteroatoms. The molecule has 0 aliphatic heterocycles. The lowest BCUT2D eigenvalue weighted by molar-refractivity contribution is 0.103. The lowest BCUT2D eigenvalue weighted by Crippen LogP contribution is -2.37. The van der Waals surface area contributed by atoms with Crippen LogP contribution >= 0.6 is 0 Å². The van der Waals surface area contributed by atoms with Crippen LogP contribution in [0.2, 0.25) is 0 Å². The first kappa shape index (κ1) is 16.0. The molecule has 1 aromatic carbocycles. The van der Waals surface area contributed by atoms with E-state index in [0.717, 1.165) is 24.3 Å². The minimum Gasteiger partial charge on any atom is -0.491 e. The maximum atomic E-state index is 9.87. The van der Waals surface area contributed by atoms with E-state index in [2.05, 4.69) is 17.6 Å². The first-order valence-corrected chi connectivity index (χ1v) is 6.88. The summed E-state index contributed by atoms with van der Waals surface area (Å²) >= 11 is 0. The number of benzene rings is 1. The van der Waals surface area contributed by atoms with Gasteiger partial charge in [-0.3, -0.25) is 0 Å². The second kappa shape index (κ2) is 8.91. The maximum Gasteiger partial charge on any atom is 0.122 e. The average molecular weight is 266 g/mol. The molecule has 19 heavy (non-hydrogen) atoms. The summed E-state index contributed by atoms with van der Waals surface area (Å²) in [6.45, 7) is 5.96. The molecule has 0 heterocycles. The minimum absolute atomic E-state index is 0.316. The standard InChI is InChI=1S/C15H26N2O2/c1-12-6-4-5-7-15(12)19-11-14(18)10-17-13(2)8-9-16-3/h4-7,13-14,16-18H,8-11H2,1-3H3. The summed E-state index contributed by atoms with van der Waals surface area (Å²) in [5.74, 6) is 0.838.